The smallest absolute Gasteiger partial charge is 0.116 e. The summed E-state index contributed by atoms with van der Waals surface area (Å²) in [6.07, 6.45) is 3.41. The molecule has 2 aromatic rings. The molecule has 0 unspecified atom stereocenters. The van der Waals surface area contributed by atoms with Crippen molar-refractivity contribution in [3.8, 4) is 0 Å². The van der Waals surface area contributed by atoms with Crippen molar-refractivity contribution in [1.82, 2.24) is 9.97 Å². The Bertz CT molecular complexity index is 378. The molecule has 82 valence electrons. The highest BCUT2D eigenvalue weighted by Gasteiger charge is 1.94. The molecule has 2 nitrogen and oxygen atoms in total. The number of nitrogens with zero attached hydrogens (tertiary/aromatic N) is 2. The van der Waals surface area contributed by atoms with E-state index in [9.17, 15) is 0 Å². The van der Waals surface area contributed by atoms with E-state index < -0.39 is 0 Å². The lowest BCUT2D eigenvalue weighted by atomic mass is 10.2. The first-order valence-electron chi connectivity index (χ1n) is 5.53. The molecule has 0 aliphatic rings. The predicted octanol–water partition coefficient (Wildman–Crippen LogP) is 3.99. The summed E-state index contributed by atoms with van der Waals surface area (Å²) >= 11 is 0. The Kier molecular flexibility index (Phi) is 7.16. The minimum atomic E-state index is 1.04. The summed E-state index contributed by atoms with van der Waals surface area (Å²) in [5, 5.41) is 1.10. The van der Waals surface area contributed by atoms with E-state index in [0.717, 1.165) is 10.9 Å². The van der Waals surface area contributed by atoms with E-state index in [1.54, 1.807) is 6.33 Å². The minimum absolute atomic E-state index is 1.04. The largest absolute Gasteiger partial charge is 0.244 e. The fourth-order valence-corrected chi connectivity index (χ4v) is 1.17. The summed E-state index contributed by atoms with van der Waals surface area (Å²) in [4.78, 5) is 8.11. The van der Waals surface area contributed by atoms with E-state index >= 15 is 0 Å². The number of hydrogen-bond donors (Lipinski definition) is 0. The van der Waals surface area contributed by atoms with Gasteiger partial charge in [-0.15, -0.1) is 0 Å². The first kappa shape index (κ1) is 13.6. The maximum atomic E-state index is 4.17. The Morgan fingerprint density at radius 2 is 1.67 bits per heavy atom. The summed E-state index contributed by atoms with van der Waals surface area (Å²) in [5.41, 5.74) is 2.24. The average Bonchev–Trinajstić information content (AvgIpc) is 2.35. The zero-order chi connectivity index (χ0) is 11.7. The molecule has 0 radical (unpaired) electrons. The Morgan fingerprint density at radius 1 is 1.00 bits per heavy atom. The molecule has 0 saturated heterocycles. The summed E-state index contributed by atoms with van der Waals surface area (Å²) in [5.74, 6) is 0. The van der Waals surface area contributed by atoms with Crippen LogP contribution in [0.3, 0.4) is 0 Å². The number of rotatable bonds is 0. The SMILES string of the molecule is CC.CC.Cc1cccc2cncnc12. The molecule has 0 saturated carbocycles. The topological polar surface area (TPSA) is 25.8 Å². The van der Waals surface area contributed by atoms with Crippen LogP contribution in [0.2, 0.25) is 0 Å². The van der Waals surface area contributed by atoms with E-state index in [2.05, 4.69) is 23.0 Å². The number of fused-ring (bicyclic) bond motifs is 1. The first-order chi connectivity index (χ1) is 7.38. The molecule has 2 heteroatoms. The third-order valence-electron chi connectivity index (χ3n) is 1.74. The Labute approximate surface area is 92.4 Å². The van der Waals surface area contributed by atoms with Gasteiger partial charge in [-0.2, -0.15) is 0 Å². The molecule has 0 atom stereocenters. The van der Waals surface area contributed by atoms with Crippen LogP contribution < -0.4 is 0 Å². The van der Waals surface area contributed by atoms with Crippen LogP contribution in [-0.4, -0.2) is 9.97 Å². The van der Waals surface area contributed by atoms with Gasteiger partial charge in [0.2, 0.25) is 0 Å². The fourth-order valence-electron chi connectivity index (χ4n) is 1.17. The molecule has 0 N–H and O–H groups in total. The number of aromatic nitrogens is 2. The Morgan fingerprint density at radius 3 is 2.27 bits per heavy atom. The molecule has 0 amide bonds. The highest BCUT2D eigenvalue weighted by Crippen LogP contribution is 2.12. The number of aryl methyl sites for hydroxylation is 1. The third-order valence-corrected chi connectivity index (χ3v) is 1.74. The second kappa shape index (κ2) is 7.92. The normalized spacial score (nSPS) is 8.33. The molecule has 0 aliphatic heterocycles. The van der Waals surface area contributed by atoms with Crippen LogP contribution in [-0.2, 0) is 0 Å². The number of hydrogen-bond acceptors (Lipinski definition) is 2. The van der Waals surface area contributed by atoms with Crippen LogP contribution in [0.15, 0.2) is 30.7 Å². The minimum Gasteiger partial charge on any atom is -0.244 e. The van der Waals surface area contributed by atoms with E-state index in [4.69, 9.17) is 0 Å². The van der Waals surface area contributed by atoms with Gasteiger partial charge in [-0.05, 0) is 12.5 Å². The summed E-state index contributed by atoms with van der Waals surface area (Å²) < 4.78 is 0. The highest BCUT2D eigenvalue weighted by atomic mass is 14.8. The average molecular weight is 204 g/mol. The maximum absolute atomic E-state index is 4.17. The van der Waals surface area contributed by atoms with Gasteiger partial charge in [0, 0.05) is 11.6 Å². The number of benzene rings is 1. The van der Waals surface area contributed by atoms with Gasteiger partial charge in [0.25, 0.3) is 0 Å². The lowest BCUT2D eigenvalue weighted by molar-refractivity contribution is 1.21. The van der Waals surface area contributed by atoms with Crippen LogP contribution in [0, 0.1) is 6.92 Å². The summed E-state index contributed by atoms with van der Waals surface area (Å²) in [6, 6.07) is 6.08. The summed E-state index contributed by atoms with van der Waals surface area (Å²) in [6.45, 7) is 10.1. The summed E-state index contributed by atoms with van der Waals surface area (Å²) in [7, 11) is 0. The Hall–Kier alpha value is -1.44. The zero-order valence-corrected chi connectivity index (χ0v) is 10.3. The monoisotopic (exact) mass is 204 g/mol. The second-order valence-corrected chi connectivity index (χ2v) is 2.54. The van der Waals surface area contributed by atoms with Gasteiger partial charge < -0.3 is 0 Å². The van der Waals surface area contributed by atoms with Gasteiger partial charge in [0.1, 0.15) is 6.33 Å². The molecular formula is C13H20N2. The highest BCUT2D eigenvalue weighted by molar-refractivity contribution is 5.80. The molecule has 0 bridgehead atoms. The van der Waals surface area contributed by atoms with Crippen LogP contribution >= 0.6 is 0 Å². The molecule has 0 fully saturated rings. The van der Waals surface area contributed by atoms with E-state index in [0.29, 0.717) is 0 Å². The van der Waals surface area contributed by atoms with Gasteiger partial charge >= 0.3 is 0 Å². The van der Waals surface area contributed by atoms with Crippen molar-refractivity contribution in [2.75, 3.05) is 0 Å². The Balaban J connectivity index is 0.000000442. The van der Waals surface area contributed by atoms with Crippen LogP contribution in [0.4, 0.5) is 0 Å². The van der Waals surface area contributed by atoms with Crippen molar-refractivity contribution in [3.05, 3.63) is 36.3 Å². The molecule has 1 aromatic heterocycles. The van der Waals surface area contributed by atoms with E-state index in [-0.39, 0.29) is 0 Å². The van der Waals surface area contributed by atoms with Crippen molar-refractivity contribution in [3.63, 3.8) is 0 Å². The van der Waals surface area contributed by atoms with Crippen LogP contribution in [0.1, 0.15) is 33.3 Å². The van der Waals surface area contributed by atoms with Crippen molar-refractivity contribution in [2.24, 2.45) is 0 Å². The number of para-hydroxylation sites is 1. The second-order valence-electron chi connectivity index (χ2n) is 2.54. The van der Waals surface area contributed by atoms with Gasteiger partial charge in [0.05, 0.1) is 5.52 Å². The molecule has 1 heterocycles. The lowest BCUT2D eigenvalue weighted by Crippen LogP contribution is -1.83. The van der Waals surface area contributed by atoms with Gasteiger partial charge in [-0.1, -0.05) is 45.9 Å². The molecule has 0 aliphatic carbocycles. The van der Waals surface area contributed by atoms with Gasteiger partial charge in [-0.3, -0.25) is 0 Å². The third kappa shape index (κ3) is 3.66. The van der Waals surface area contributed by atoms with Crippen LogP contribution in [0.25, 0.3) is 10.9 Å². The molecule has 15 heavy (non-hydrogen) atoms. The molecule has 1 aromatic carbocycles. The zero-order valence-electron chi connectivity index (χ0n) is 10.3. The van der Waals surface area contributed by atoms with Crippen LogP contribution in [0.5, 0.6) is 0 Å². The first-order valence-corrected chi connectivity index (χ1v) is 5.53. The molecule has 2 rings (SSSR count). The van der Waals surface area contributed by atoms with E-state index in [1.807, 2.05) is 46.0 Å². The van der Waals surface area contributed by atoms with Gasteiger partial charge in [0.15, 0.2) is 0 Å². The predicted molar refractivity (Wildman–Crippen MR) is 67.0 cm³/mol. The standard InChI is InChI=1S/C9H8N2.2C2H6/c1-7-3-2-4-8-5-10-6-11-9(7)8;2*1-2/h2-6H,1H3;2*1-2H3. The van der Waals surface area contributed by atoms with Crippen molar-refractivity contribution >= 4 is 10.9 Å². The quantitative estimate of drug-likeness (QED) is 0.648. The van der Waals surface area contributed by atoms with Crippen molar-refractivity contribution in [1.29, 1.82) is 0 Å². The van der Waals surface area contributed by atoms with Gasteiger partial charge in [-0.25, -0.2) is 9.97 Å². The van der Waals surface area contributed by atoms with E-state index in [1.165, 1.54) is 5.56 Å². The molecule has 0 spiro atoms. The maximum Gasteiger partial charge on any atom is 0.116 e. The lowest BCUT2D eigenvalue weighted by Gasteiger charge is -1.97. The fraction of sp³-hybridized carbons (Fsp3) is 0.385. The van der Waals surface area contributed by atoms with Crippen molar-refractivity contribution < 1.29 is 0 Å². The van der Waals surface area contributed by atoms with Crippen molar-refractivity contribution in [2.45, 2.75) is 34.6 Å². The molecular weight excluding hydrogens is 184 g/mol.